The Kier molecular flexibility index (Phi) is 5.15. The summed E-state index contributed by atoms with van der Waals surface area (Å²) in [4.78, 5) is 24.1. The van der Waals surface area contributed by atoms with Crippen LogP contribution in [-0.4, -0.2) is 16.9 Å². The SMILES string of the molecule is Cc1ccc(CC(=O)CC(C(=O)O)c2ccc(Cl)s2)cc1. The van der Waals surface area contributed by atoms with Gasteiger partial charge in [0, 0.05) is 17.7 Å². The Labute approximate surface area is 132 Å². The predicted octanol–water partition coefficient (Wildman–Crippen LogP) is 4.08. The molecule has 0 fully saturated rings. The number of carbonyl (C=O) groups excluding carboxylic acids is 1. The molecule has 5 heteroatoms. The van der Waals surface area contributed by atoms with Gasteiger partial charge < -0.3 is 5.11 Å². The molecule has 0 spiro atoms. The van der Waals surface area contributed by atoms with Crippen LogP contribution in [0.3, 0.4) is 0 Å². The van der Waals surface area contributed by atoms with Crippen LogP contribution in [-0.2, 0) is 16.0 Å². The van der Waals surface area contributed by atoms with E-state index in [0.29, 0.717) is 9.21 Å². The van der Waals surface area contributed by atoms with E-state index < -0.39 is 11.9 Å². The van der Waals surface area contributed by atoms with Crippen molar-refractivity contribution < 1.29 is 14.7 Å². The summed E-state index contributed by atoms with van der Waals surface area (Å²) in [5.74, 6) is -1.90. The first-order valence-electron chi connectivity index (χ1n) is 6.51. The number of benzene rings is 1. The highest BCUT2D eigenvalue weighted by Gasteiger charge is 2.24. The van der Waals surface area contributed by atoms with Gasteiger partial charge in [-0.05, 0) is 24.6 Å². The summed E-state index contributed by atoms with van der Waals surface area (Å²) in [6, 6.07) is 11.0. The first kappa shape index (κ1) is 15.7. The number of hydrogen-bond donors (Lipinski definition) is 1. The molecule has 3 nitrogen and oxygen atoms in total. The van der Waals surface area contributed by atoms with Crippen molar-refractivity contribution >= 4 is 34.7 Å². The molecule has 0 amide bonds. The lowest BCUT2D eigenvalue weighted by molar-refractivity contribution is -0.140. The average Bonchev–Trinajstić information content (AvgIpc) is 2.85. The first-order chi connectivity index (χ1) is 9.95. The quantitative estimate of drug-likeness (QED) is 0.871. The van der Waals surface area contributed by atoms with Crippen LogP contribution in [0.25, 0.3) is 0 Å². The van der Waals surface area contributed by atoms with Crippen molar-refractivity contribution in [2.24, 2.45) is 0 Å². The molecular formula is C16H15ClO3S. The molecule has 21 heavy (non-hydrogen) atoms. The molecule has 2 rings (SSSR count). The van der Waals surface area contributed by atoms with Crippen molar-refractivity contribution in [1.29, 1.82) is 0 Å². The number of halogens is 1. The number of hydrogen-bond acceptors (Lipinski definition) is 3. The van der Waals surface area contributed by atoms with Gasteiger partial charge in [-0.25, -0.2) is 0 Å². The number of Topliss-reactive ketones (excluding diaryl/α,β-unsaturated/α-hetero) is 1. The molecule has 0 aliphatic heterocycles. The van der Waals surface area contributed by atoms with Crippen LogP contribution in [0, 0.1) is 6.92 Å². The van der Waals surface area contributed by atoms with Gasteiger partial charge in [0.25, 0.3) is 0 Å². The fraction of sp³-hybridized carbons (Fsp3) is 0.250. The normalized spacial score (nSPS) is 12.1. The van der Waals surface area contributed by atoms with E-state index in [1.54, 1.807) is 12.1 Å². The zero-order valence-corrected chi connectivity index (χ0v) is 13.1. The highest BCUT2D eigenvalue weighted by Crippen LogP contribution is 2.31. The highest BCUT2D eigenvalue weighted by molar-refractivity contribution is 7.16. The fourth-order valence-corrected chi connectivity index (χ4v) is 3.21. The Morgan fingerprint density at radius 1 is 1.19 bits per heavy atom. The lowest BCUT2D eigenvalue weighted by atomic mass is 9.97. The highest BCUT2D eigenvalue weighted by atomic mass is 35.5. The third-order valence-electron chi connectivity index (χ3n) is 3.19. The van der Waals surface area contributed by atoms with Gasteiger partial charge >= 0.3 is 5.97 Å². The Bertz CT molecular complexity index is 646. The maximum Gasteiger partial charge on any atom is 0.312 e. The van der Waals surface area contributed by atoms with E-state index >= 15 is 0 Å². The van der Waals surface area contributed by atoms with Gasteiger partial charge in [0.15, 0.2) is 0 Å². The summed E-state index contributed by atoms with van der Waals surface area (Å²) in [5, 5.41) is 9.30. The van der Waals surface area contributed by atoms with Crippen molar-refractivity contribution in [2.75, 3.05) is 0 Å². The zero-order chi connectivity index (χ0) is 15.4. The minimum atomic E-state index is -0.995. The molecule has 1 unspecified atom stereocenters. The minimum Gasteiger partial charge on any atom is -0.481 e. The van der Waals surface area contributed by atoms with Crippen LogP contribution >= 0.6 is 22.9 Å². The van der Waals surface area contributed by atoms with Gasteiger partial charge in [-0.15, -0.1) is 11.3 Å². The fourth-order valence-electron chi connectivity index (χ4n) is 2.06. The number of aliphatic carboxylic acids is 1. The van der Waals surface area contributed by atoms with Crippen molar-refractivity contribution in [3.63, 3.8) is 0 Å². The molecule has 0 aliphatic carbocycles. The number of carboxylic acids is 1. The summed E-state index contributed by atoms with van der Waals surface area (Å²) in [6.07, 6.45) is 0.239. The molecule has 1 N–H and O–H groups in total. The van der Waals surface area contributed by atoms with Gasteiger partial charge in [0.2, 0.25) is 0 Å². The maximum absolute atomic E-state index is 12.1. The van der Waals surface area contributed by atoms with Crippen LogP contribution in [0.15, 0.2) is 36.4 Å². The number of carbonyl (C=O) groups is 2. The molecule has 0 bridgehead atoms. The molecule has 0 aliphatic rings. The summed E-state index contributed by atoms with van der Waals surface area (Å²) >= 11 is 7.04. The van der Waals surface area contributed by atoms with Crippen molar-refractivity contribution in [2.45, 2.75) is 25.7 Å². The van der Waals surface area contributed by atoms with Crippen molar-refractivity contribution in [3.8, 4) is 0 Å². The van der Waals surface area contributed by atoms with E-state index in [-0.39, 0.29) is 18.6 Å². The second-order valence-electron chi connectivity index (χ2n) is 4.94. The molecule has 0 saturated carbocycles. The molecule has 1 heterocycles. The van der Waals surface area contributed by atoms with Gasteiger partial charge in [-0.3, -0.25) is 9.59 Å². The number of carboxylic acid groups (broad SMARTS) is 1. The molecule has 0 radical (unpaired) electrons. The summed E-state index contributed by atoms with van der Waals surface area (Å²) < 4.78 is 0.530. The molecular weight excluding hydrogens is 308 g/mol. The average molecular weight is 323 g/mol. The van der Waals surface area contributed by atoms with Crippen molar-refractivity contribution in [1.82, 2.24) is 0 Å². The summed E-state index contributed by atoms with van der Waals surface area (Å²) in [5.41, 5.74) is 2.03. The lowest BCUT2D eigenvalue weighted by Gasteiger charge is -2.09. The molecule has 2 aromatic rings. The number of thiophene rings is 1. The minimum absolute atomic E-state index is 0.0138. The smallest absolute Gasteiger partial charge is 0.312 e. The Hall–Kier alpha value is -1.65. The van der Waals surface area contributed by atoms with Crippen molar-refractivity contribution in [3.05, 3.63) is 56.7 Å². The summed E-state index contributed by atoms with van der Waals surface area (Å²) in [6.45, 7) is 1.98. The molecule has 110 valence electrons. The Morgan fingerprint density at radius 2 is 1.86 bits per heavy atom. The van der Waals surface area contributed by atoms with E-state index in [1.807, 2.05) is 31.2 Å². The van der Waals surface area contributed by atoms with E-state index in [9.17, 15) is 14.7 Å². The van der Waals surface area contributed by atoms with Crippen LogP contribution < -0.4 is 0 Å². The Morgan fingerprint density at radius 3 is 2.38 bits per heavy atom. The zero-order valence-electron chi connectivity index (χ0n) is 11.5. The lowest BCUT2D eigenvalue weighted by Crippen LogP contribution is -2.16. The van der Waals surface area contributed by atoms with E-state index in [0.717, 1.165) is 11.1 Å². The molecule has 1 atom stereocenters. The second kappa shape index (κ2) is 6.87. The third kappa shape index (κ3) is 4.41. The topological polar surface area (TPSA) is 54.4 Å². The van der Waals surface area contributed by atoms with Crippen LogP contribution in [0.5, 0.6) is 0 Å². The second-order valence-corrected chi connectivity index (χ2v) is 6.68. The number of ketones is 1. The maximum atomic E-state index is 12.1. The first-order valence-corrected chi connectivity index (χ1v) is 7.70. The van der Waals surface area contributed by atoms with E-state index in [4.69, 9.17) is 11.6 Å². The molecule has 0 saturated heterocycles. The van der Waals surface area contributed by atoms with Gasteiger partial charge in [-0.1, -0.05) is 41.4 Å². The largest absolute Gasteiger partial charge is 0.481 e. The van der Waals surface area contributed by atoms with Crippen LogP contribution in [0.4, 0.5) is 0 Å². The van der Waals surface area contributed by atoms with E-state index in [2.05, 4.69) is 0 Å². The molecule has 1 aromatic heterocycles. The third-order valence-corrected chi connectivity index (χ3v) is 4.53. The van der Waals surface area contributed by atoms with Crippen LogP contribution in [0.1, 0.15) is 28.3 Å². The monoisotopic (exact) mass is 322 g/mol. The number of aryl methyl sites for hydroxylation is 1. The van der Waals surface area contributed by atoms with Gasteiger partial charge in [-0.2, -0.15) is 0 Å². The van der Waals surface area contributed by atoms with E-state index in [1.165, 1.54) is 11.3 Å². The number of rotatable bonds is 6. The molecule has 1 aromatic carbocycles. The summed E-state index contributed by atoms with van der Waals surface area (Å²) in [7, 11) is 0. The standard InChI is InChI=1S/C16H15ClO3S/c1-10-2-4-11(5-3-10)8-12(18)9-13(16(19)20)14-6-7-15(17)21-14/h2-7,13H,8-9H2,1H3,(H,19,20). The predicted molar refractivity (Wildman–Crippen MR) is 84.2 cm³/mol. The van der Waals surface area contributed by atoms with Gasteiger partial charge in [0.05, 0.1) is 10.3 Å². The van der Waals surface area contributed by atoms with Gasteiger partial charge in [0.1, 0.15) is 5.78 Å². The Balaban J connectivity index is 2.05. The van der Waals surface area contributed by atoms with Crippen LogP contribution in [0.2, 0.25) is 4.34 Å².